The molecule has 1 amide bonds. The van der Waals surface area contributed by atoms with Gasteiger partial charge in [0.1, 0.15) is 22.3 Å². The highest BCUT2D eigenvalue weighted by atomic mass is 32.2. The van der Waals surface area contributed by atoms with E-state index in [-0.39, 0.29) is 11.3 Å². The standard InChI is InChI=1S/C19H20F2N2O6S/c1-19(2,3)22-17(24)10-5-6-16(15(7-10)29-4)30(27,28)23-14-9-12(20)11(18(25)26)8-13(14)21/h5-9,23H,1-4H3,(H,22,24)(H,25,26). The van der Waals surface area contributed by atoms with Crippen molar-refractivity contribution in [1.29, 1.82) is 0 Å². The van der Waals surface area contributed by atoms with E-state index in [1.807, 2.05) is 4.72 Å². The average Bonchev–Trinajstić information content (AvgIpc) is 2.62. The molecule has 0 bridgehead atoms. The highest BCUT2D eigenvalue weighted by Crippen LogP contribution is 2.29. The van der Waals surface area contributed by atoms with Crippen molar-refractivity contribution in [3.8, 4) is 5.75 Å². The molecule has 0 fully saturated rings. The van der Waals surface area contributed by atoms with Crippen LogP contribution in [0.15, 0.2) is 35.2 Å². The third-order valence-corrected chi connectivity index (χ3v) is 5.14. The van der Waals surface area contributed by atoms with Gasteiger partial charge in [0.2, 0.25) is 0 Å². The second kappa shape index (κ2) is 8.27. The number of ether oxygens (including phenoxy) is 1. The van der Waals surface area contributed by atoms with E-state index in [1.165, 1.54) is 19.2 Å². The Balaban J connectivity index is 2.42. The monoisotopic (exact) mass is 442 g/mol. The summed E-state index contributed by atoms with van der Waals surface area (Å²) in [5, 5.41) is 11.5. The summed E-state index contributed by atoms with van der Waals surface area (Å²) in [6.45, 7) is 5.32. The number of amides is 1. The second-order valence-corrected chi connectivity index (χ2v) is 8.94. The zero-order valence-corrected chi connectivity index (χ0v) is 17.4. The summed E-state index contributed by atoms with van der Waals surface area (Å²) in [4.78, 5) is 22.7. The van der Waals surface area contributed by atoms with Crippen molar-refractivity contribution >= 4 is 27.6 Å². The van der Waals surface area contributed by atoms with Crippen molar-refractivity contribution in [2.75, 3.05) is 11.8 Å². The molecule has 8 nitrogen and oxygen atoms in total. The Kier molecular flexibility index (Phi) is 6.36. The maximum Gasteiger partial charge on any atom is 0.338 e. The van der Waals surface area contributed by atoms with Gasteiger partial charge in [-0.1, -0.05) is 0 Å². The van der Waals surface area contributed by atoms with Crippen molar-refractivity contribution < 1.29 is 36.6 Å². The van der Waals surface area contributed by atoms with E-state index in [0.717, 1.165) is 6.07 Å². The molecule has 2 aromatic carbocycles. The van der Waals surface area contributed by atoms with E-state index in [1.54, 1.807) is 20.8 Å². The Labute approximate surface area is 171 Å². The Morgan fingerprint density at radius 3 is 2.23 bits per heavy atom. The number of hydrogen-bond acceptors (Lipinski definition) is 5. The summed E-state index contributed by atoms with van der Waals surface area (Å²) in [7, 11) is -3.28. The minimum atomic E-state index is -4.47. The minimum Gasteiger partial charge on any atom is -0.495 e. The zero-order chi connectivity index (χ0) is 22.9. The van der Waals surface area contributed by atoms with Crippen LogP contribution in [-0.2, 0) is 10.0 Å². The first-order valence-corrected chi connectivity index (χ1v) is 9.99. The molecule has 0 aliphatic rings. The smallest absolute Gasteiger partial charge is 0.338 e. The average molecular weight is 442 g/mol. The first-order valence-electron chi connectivity index (χ1n) is 8.51. The number of carboxylic acids is 1. The Bertz CT molecular complexity index is 1110. The lowest BCUT2D eigenvalue weighted by molar-refractivity contribution is 0.0691. The minimum absolute atomic E-state index is 0.128. The van der Waals surface area contributed by atoms with Crippen LogP contribution in [0.3, 0.4) is 0 Å². The fourth-order valence-corrected chi connectivity index (χ4v) is 3.64. The molecule has 2 aromatic rings. The topological polar surface area (TPSA) is 122 Å². The number of carbonyl (C=O) groups excluding carboxylic acids is 1. The van der Waals surface area contributed by atoms with E-state index in [0.29, 0.717) is 12.1 Å². The number of methoxy groups -OCH3 is 1. The highest BCUT2D eigenvalue weighted by molar-refractivity contribution is 7.92. The first kappa shape index (κ1) is 23.1. The Morgan fingerprint density at radius 2 is 1.70 bits per heavy atom. The zero-order valence-electron chi connectivity index (χ0n) is 16.5. The SMILES string of the molecule is COc1cc(C(=O)NC(C)(C)C)ccc1S(=O)(=O)Nc1cc(F)c(C(=O)O)cc1F. The molecule has 0 atom stereocenters. The van der Waals surface area contributed by atoms with Crippen LogP contribution in [0.25, 0.3) is 0 Å². The molecule has 0 radical (unpaired) electrons. The van der Waals surface area contributed by atoms with Gasteiger partial charge in [-0.3, -0.25) is 9.52 Å². The van der Waals surface area contributed by atoms with E-state index in [2.05, 4.69) is 5.32 Å². The molecule has 0 aliphatic heterocycles. The Hall–Kier alpha value is -3.21. The quantitative estimate of drug-likeness (QED) is 0.632. The maximum absolute atomic E-state index is 14.1. The molecule has 0 spiro atoms. The number of benzene rings is 2. The molecule has 0 heterocycles. The number of nitrogens with one attached hydrogen (secondary N) is 2. The van der Waals surface area contributed by atoms with Gasteiger partial charge >= 0.3 is 5.97 Å². The highest BCUT2D eigenvalue weighted by Gasteiger charge is 2.25. The van der Waals surface area contributed by atoms with Crippen molar-refractivity contribution in [2.24, 2.45) is 0 Å². The molecule has 162 valence electrons. The summed E-state index contributed by atoms with van der Waals surface area (Å²) in [6, 6.07) is 4.31. The van der Waals surface area contributed by atoms with Crippen molar-refractivity contribution in [1.82, 2.24) is 5.32 Å². The number of carboxylic acid groups (broad SMARTS) is 1. The molecule has 0 aromatic heterocycles. The lowest BCUT2D eigenvalue weighted by atomic mass is 10.1. The molecule has 0 aliphatic carbocycles. The molecule has 0 unspecified atom stereocenters. The summed E-state index contributed by atoms with van der Waals surface area (Å²) < 4.78 is 60.2. The third-order valence-electron chi connectivity index (χ3n) is 3.74. The van der Waals surface area contributed by atoms with E-state index < -0.39 is 55.2 Å². The number of carbonyl (C=O) groups is 2. The van der Waals surface area contributed by atoms with Gasteiger partial charge in [0.15, 0.2) is 0 Å². The summed E-state index contributed by atoms with van der Waals surface area (Å²) in [6.07, 6.45) is 0. The molecular formula is C19H20F2N2O6S. The summed E-state index contributed by atoms with van der Waals surface area (Å²) in [5.41, 5.74) is -2.12. The molecule has 0 saturated carbocycles. The molecular weight excluding hydrogens is 422 g/mol. The van der Waals surface area contributed by atoms with Crippen molar-refractivity contribution in [2.45, 2.75) is 31.2 Å². The van der Waals surface area contributed by atoms with E-state index >= 15 is 0 Å². The second-order valence-electron chi connectivity index (χ2n) is 7.29. The van der Waals surface area contributed by atoms with Gasteiger partial charge < -0.3 is 15.2 Å². The summed E-state index contributed by atoms with van der Waals surface area (Å²) >= 11 is 0. The van der Waals surface area contributed by atoms with Crippen LogP contribution < -0.4 is 14.8 Å². The van der Waals surface area contributed by atoms with Gasteiger partial charge in [-0.25, -0.2) is 22.0 Å². The predicted molar refractivity (Wildman–Crippen MR) is 104 cm³/mol. The molecule has 30 heavy (non-hydrogen) atoms. The van der Waals surface area contributed by atoms with Crippen LogP contribution >= 0.6 is 0 Å². The van der Waals surface area contributed by atoms with Crippen LogP contribution in [0.4, 0.5) is 14.5 Å². The number of hydrogen-bond donors (Lipinski definition) is 3. The van der Waals surface area contributed by atoms with Gasteiger partial charge in [0, 0.05) is 17.2 Å². The van der Waals surface area contributed by atoms with Crippen LogP contribution in [0.2, 0.25) is 0 Å². The first-order chi connectivity index (χ1) is 13.7. The molecule has 11 heteroatoms. The summed E-state index contributed by atoms with van der Waals surface area (Å²) in [5.74, 6) is -4.96. The molecule has 0 saturated heterocycles. The van der Waals surface area contributed by atoms with Gasteiger partial charge in [0.05, 0.1) is 18.4 Å². The van der Waals surface area contributed by atoms with Crippen LogP contribution in [-0.4, -0.2) is 38.0 Å². The fraction of sp³-hybridized carbons (Fsp3) is 0.263. The van der Waals surface area contributed by atoms with Crippen LogP contribution in [0, 0.1) is 11.6 Å². The lowest BCUT2D eigenvalue weighted by Gasteiger charge is -2.21. The number of halogens is 2. The maximum atomic E-state index is 14.1. The van der Waals surface area contributed by atoms with Crippen molar-refractivity contribution in [3.05, 3.63) is 53.1 Å². The number of anilines is 1. The van der Waals surface area contributed by atoms with Gasteiger partial charge in [-0.15, -0.1) is 0 Å². The number of aromatic carboxylic acids is 1. The number of sulfonamides is 1. The third kappa shape index (κ3) is 5.23. The van der Waals surface area contributed by atoms with Gasteiger partial charge in [-0.2, -0.15) is 0 Å². The molecule has 3 N–H and O–H groups in total. The normalized spacial score (nSPS) is 11.7. The largest absolute Gasteiger partial charge is 0.495 e. The van der Waals surface area contributed by atoms with Crippen LogP contribution in [0.1, 0.15) is 41.5 Å². The van der Waals surface area contributed by atoms with E-state index in [4.69, 9.17) is 9.84 Å². The van der Waals surface area contributed by atoms with Crippen LogP contribution in [0.5, 0.6) is 5.75 Å². The van der Waals surface area contributed by atoms with Gasteiger partial charge in [0.25, 0.3) is 15.9 Å². The van der Waals surface area contributed by atoms with Gasteiger partial charge in [-0.05, 0) is 45.0 Å². The predicted octanol–water partition coefficient (Wildman–Crippen LogP) is 3.00. The lowest BCUT2D eigenvalue weighted by Crippen LogP contribution is -2.40. The Morgan fingerprint density at radius 1 is 1.07 bits per heavy atom. The number of rotatable bonds is 6. The molecule has 2 rings (SSSR count). The van der Waals surface area contributed by atoms with Crippen molar-refractivity contribution in [3.63, 3.8) is 0 Å². The fourth-order valence-electron chi connectivity index (χ4n) is 2.43. The van der Waals surface area contributed by atoms with E-state index in [9.17, 15) is 26.8 Å².